The molecule has 0 radical (unpaired) electrons. The predicted molar refractivity (Wildman–Crippen MR) is 73.4 cm³/mol. The van der Waals surface area contributed by atoms with Crippen molar-refractivity contribution in [3.63, 3.8) is 0 Å². The van der Waals surface area contributed by atoms with Crippen molar-refractivity contribution < 1.29 is 8.42 Å². The molecule has 5 nitrogen and oxygen atoms in total. The molecule has 3 rings (SSSR count). The van der Waals surface area contributed by atoms with Crippen LogP contribution >= 0.6 is 0 Å². The van der Waals surface area contributed by atoms with E-state index in [1.807, 2.05) is 0 Å². The van der Waals surface area contributed by atoms with Gasteiger partial charge in [0.15, 0.2) is 9.84 Å². The number of sulfone groups is 1. The summed E-state index contributed by atoms with van der Waals surface area (Å²) in [6.07, 6.45) is 4.98. The third kappa shape index (κ3) is 1.75. The van der Waals surface area contributed by atoms with Gasteiger partial charge in [-0.1, -0.05) is 18.2 Å². The predicted octanol–water partition coefficient (Wildman–Crippen LogP) is 0.189. The molecule has 0 bridgehead atoms. The maximum absolute atomic E-state index is 12.2. The third-order valence-corrected chi connectivity index (χ3v) is 5.07. The second-order valence-corrected chi connectivity index (χ2v) is 7.04. The van der Waals surface area contributed by atoms with Crippen molar-refractivity contribution in [2.45, 2.75) is 18.2 Å². The minimum absolute atomic E-state index is 0.175. The molecule has 0 amide bonds. The van der Waals surface area contributed by atoms with Gasteiger partial charge in [-0.3, -0.25) is 0 Å². The van der Waals surface area contributed by atoms with Gasteiger partial charge in [-0.15, -0.1) is 4.91 Å². The van der Waals surface area contributed by atoms with Crippen LogP contribution < -0.4 is 16.2 Å². The SMILES string of the molecule is CC1(N)C=CC2=c3c(c(N=O)ccc3=C1)CS2(=O)=O. The van der Waals surface area contributed by atoms with E-state index in [2.05, 4.69) is 5.18 Å². The van der Waals surface area contributed by atoms with E-state index in [1.165, 1.54) is 12.1 Å². The second kappa shape index (κ2) is 3.61. The largest absolute Gasteiger partial charge is 0.319 e. The molecular weight excluding hydrogens is 264 g/mol. The number of nitrogens with zero attached hydrogens (tertiary/aromatic N) is 1. The van der Waals surface area contributed by atoms with Gasteiger partial charge in [-0.25, -0.2) is 8.42 Å². The van der Waals surface area contributed by atoms with Crippen LogP contribution in [0.4, 0.5) is 5.69 Å². The molecule has 2 N–H and O–H groups in total. The van der Waals surface area contributed by atoms with Crippen molar-refractivity contribution in [3.05, 3.63) is 45.2 Å². The monoisotopic (exact) mass is 276 g/mol. The normalized spacial score (nSPS) is 26.5. The standard InChI is InChI=1S/C13H12N2O3S/c1-13(14)5-4-11-12-8(6-13)2-3-10(15-16)9(12)7-19(11,17)18/h2-6H,7,14H2,1H3. The molecule has 1 aliphatic heterocycles. The average Bonchev–Trinajstić information content (AvgIpc) is 2.47. The molecular formula is C13H12N2O3S. The summed E-state index contributed by atoms with van der Waals surface area (Å²) in [6, 6.07) is 3.23. The van der Waals surface area contributed by atoms with E-state index >= 15 is 0 Å². The molecule has 19 heavy (non-hydrogen) atoms. The molecule has 98 valence electrons. The number of hydrogen-bond acceptors (Lipinski definition) is 5. The molecule has 0 aromatic heterocycles. The molecule has 0 spiro atoms. The van der Waals surface area contributed by atoms with Gasteiger partial charge in [-0.2, -0.15) is 0 Å². The Morgan fingerprint density at radius 2 is 2.11 bits per heavy atom. The molecule has 1 aromatic carbocycles. The molecule has 0 saturated heterocycles. The van der Waals surface area contributed by atoms with Crippen LogP contribution in [-0.4, -0.2) is 14.0 Å². The quantitative estimate of drug-likeness (QED) is 0.741. The zero-order chi connectivity index (χ0) is 13.8. The topological polar surface area (TPSA) is 89.6 Å². The van der Waals surface area contributed by atoms with Gasteiger partial charge >= 0.3 is 0 Å². The average molecular weight is 276 g/mol. The van der Waals surface area contributed by atoms with Crippen LogP contribution in [0.25, 0.3) is 11.0 Å². The molecule has 1 aliphatic carbocycles. The third-order valence-electron chi connectivity index (χ3n) is 3.39. The summed E-state index contributed by atoms with van der Waals surface area (Å²) < 4.78 is 24.4. The molecule has 1 unspecified atom stereocenters. The highest BCUT2D eigenvalue weighted by atomic mass is 32.2. The van der Waals surface area contributed by atoms with E-state index in [0.717, 1.165) is 5.22 Å². The van der Waals surface area contributed by atoms with Crippen molar-refractivity contribution in [1.29, 1.82) is 0 Å². The molecule has 2 aliphatic rings. The van der Waals surface area contributed by atoms with Gasteiger partial charge < -0.3 is 5.73 Å². The smallest absolute Gasteiger partial charge is 0.183 e. The van der Waals surface area contributed by atoms with Crippen LogP contribution in [0.1, 0.15) is 12.5 Å². The Hall–Kier alpha value is -1.79. The van der Waals surface area contributed by atoms with Crippen molar-refractivity contribution in [1.82, 2.24) is 0 Å². The summed E-state index contributed by atoms with van der Waals surface area (Å²) in [5, 5.41) is 4.21. The lowest BCUT2D eigenvalue weighted by atomic mass is 10.0. The highest BCUT2D eigenvalue weighted by Gasteiger charge is 2.30. The number of nitrogens with two attached hydrogens (primary N) is 1. The number of nitroso groups, excluding NO2 is 1. The summed E-state index contributed by atoms with van der Waals surface area (Å²) in [4.78, 5) is 11.0. The van der Waals surface area contributed by atoms with Gasteiger partial charge in [0, 0.05) is 10.8 Å². The minimum atomic E-state index is -3.42. The molecule has 0 saturated carbocycles. The van der Waals surface area contributed by atoms with E-state index < -0.39 is 15.4 Å². The Morgan fingerprint density at radius 3 is 2.79 bits per heavy atom. The highest BCUT2D eigenvalue weighted by molar-refractivity contribution is 8.00. The minimum Gasteiger partial charge on any atom is -0.319 e. The first kappa shape index (κ1) is 12.3. The molecule has 1 aromatic rings. The molecule has 1 atom stereocenters. The van der Waals surface area contributed by atoms with Crippen LogP contribution in [-0.2, 0) is 15.6 Å². The van der Waals surface area contributed by atoms with Crippen LogP contribution in [0.5, 0.6) is 0 Å². The van der Waals surface area contributed by atoms with E-state index in [-0.39, 0.29) is 16.3 Å². The van der Waals surface area contributed by atoms with Crippen LogP contribution in [0.3, 0.4) is 0 Å². The van der Waals surface area contributed by atoms with E-state index in [4.69, 9.17) is 5.73 Å². The molecule has 1 heterocycles. The van der Waals surface area contributed by atoms with Crippen LogP contribution in [0, 0.1) is 4.91 Å². The summed E-state index contributed by atoms with van der Waals surface area (Å²) in [5.41, 5.74) is 5.98. The van der Waals surface area contributed by atoms with Crippen molar-refractivity contribution in [2.24, 2.45) is 10.9 Å². The molecule has 6 heteroatoms. The van der Waals surface area contributed by atoms with Crippen molar-refractivity contribution >= 4 is 26.5 Å². The number of benzene rings is 1. The van der Waals surface area contributed by atoms with Gasteiger partial charge in [0.1, 0.15) is 5.69 Å². The Labute approximate surface area is 110 Å². The van der Waals surface area contributed by atoms with Gasteiger partial charge in [0.2, 0.25) is 0 Å². The van der Waals surface area contributed by atoms with Crippen molar-refractivity contribution in [3.8, 4) is 0 Å². The lowest BCUT2D eigenvalue weighted by Gasteiger charge is -2.14. The van der Waals surface area contributed by atoms with E-state index in [9.17, 15) is 13.3 Å². The molecule has 0 fully saturated rings. The Bertz CT molecular complexity index is 849. The van der Waals surface area contributed by atoms with Crippen molar-refractivity contribution in [2.75, 3.05) is 0 Å². The van der Waals surface area contributed by atoms with Gasteiger partial charge in [-0.05, 0) is 29.5 Å². The fourth-order valence-corrected chi connectivity index (χ4v) is 4.20. The summed E-state index contributed by atoms with van der Waals surface area (Å²) in [7, 11) is -3.42. The number of rotatable bonds is 1. The first-order valence-electron chi connectivity index (χ1n) is 5.77. The second-order valence-electron chi connectivity index (χ2n) is 5.09. The Kier molecular flexibility index (Phi) is 2.33. The summed E-state index contributed by atoms with van der Waals surface area (Å²) in [5.74, 6) is -0.175. The first-order chi connectivity index (χ1) is 8.84. The Morgan fingerprint density at radius 1 is 1.37 bits per heavy atom. The van der Waals surface area contributed by atoms with Crippen LogP contribution in [0.15, 0.2) is 29.5 Å². The fourth-order valence-electron chi connectivity index (χ4n) is 2.55. The maximum atomic E-state index is 12.2. The van der Waals surface area contributed by atoms with Gasteiger partial charge in [0.05, 0.1) is 16.2 Å². The van der Waals surface area contributed by atoms with E-state index in [1.54, 1.807) is 25.1 Å². The van der Waals surface area contributed by atoms with Gasteiger partial charge in [0.25, 0.3) is 0 Å². The zero-order valence-electron chi connectivity index (χ0n) is 10.3. The van der Waals surface area contributed by atoms with Crippen LogP contribution in [0.2, 0.25) is 0 Å². The zero-order valence-corrected chi connectivity index (χ0v) is 11.1. The summed E-state index contributed by atoms with van der Waals surface area (Å²) >= 11 is 0. The maximum Gasteiger partial charge on any atom is 0.183 e. The fraction of sp³-hybridized carbons (Fsp3) is 0.231. The number of hydrogen-bond donors (Lipinski definition) is 1. The summed E-state index contributed by atoms with van der Waals surface area (Å²) in [6.45, 7) is 1.79. The Balaban J connectivity index is 2.57. The van der Waals surface area contributed by atoms with E-state index in [0.29, 0.717) is 10.8 Å². The lowest BCUT2D eigenvalue weighted by molar-refractivity contribution is 0.606. The first-order valence-corrected chi connectivity index (χ1v) is 7.43. The highest BCUT2D eigenvalue weighted by Crippen LogP contribution is 2.27. The lowest BCUT2D eigenvalue weighted by Crippen LogP contribution is -2.36.